The molecule has 90 valence electrons. The summed E-state index contributed by atoms with van der Waals surface area (Å²) in [5, 5.41) is 3.17. The molecule has 3 N–H and O–H groups in total. The van der Waals surface area contributed by atoms with E-state index < -0.39 is 0 Å². The zero-order valence-corrected chi connectivity index (χ0v) is 10.7. The molecule has 0 fully saturated rings. The Morgan fingerprint density at radius 3 is 3.00 bits per heavy atom. The summed E-state index contributed by atoms with van der Waals surface area (Å²) in [6, 6.07) is 3.85. The van der Waals surface area contributed by atoms with Crippen molar-refractivity contribution >= 4 is 22.8 Å². The van der Waals surface area contributed by atoms with Gasteiger partial charge in [-0.1, -0.05) is 0 Å². The first-order valence-corrected chi connectivity index (χ1v) is 6.12. The van der Waals surface area contributed by atoms with Crippen molar-refractivity contribution < 1.29 is 0 Å². The van der Waals surface area contributed by atoms with Crippen molar-refractivity contribution in [3.63, 3.8) is 0 Å². The molecule has 0 saturated heterocycles. The molecule has 2 heterocycles. The van der Waals surface area contributed by atoms with Crippen LogP contribution < -0.4 is 16.2 Å². The lowest BCUT2D eigenvalue weighted by molar-refractivity contribution is 0.888. The SMILES string of the molecule is Cc1nc(CN(C)c2ccnc(NN)c2)cs1. The molecule has 2 aromatic rings. The molecule has 0 aromatic carbocycles. The summed E-state index contributed by atoms with van der Waals surface area (Å²) >= 11 is 1.67. The number of nitrogens with one attached hydrogen (secondary N) is 1. The number of pyridine rings is 1. The zero-order valence-electron chi connectivity index (χ0n) is 9.84. The predicted molar refractivity (Wildman–Crippen MR) is 71.0 cm³/mol. The average molecular weight is 249 g/mol. The molecule has 0 unspecified atom stereocenters. The number of nitrogen functional groups attached to an aromatic ring is 1. The summed E-state index contributed by atoms with van der Waals surface area (Å²) in [4.78, 5) is 10.6. The van der Waals surface area contributed by atoms with Crippen LogP contribution in [0.25, 0.3) is 0 Å². The van der Waals surface area contributed by atoms with Gasteiger partial charge in [-0.2, -0.15) is 0 Å². The van der Waals surface area contributed by atoms with Crippen LogP contribution in [0, 0.1) is 6.92 Å². The van der Waals surface area contributed by atoms with Crippen LogP contribution in [0.1, 0.15) is 10.7 Å². The fraction of sp³-hybridized carbons (Fsp3) is 0.273. The average Bonchev–Trinajstić information content (AvgIpc) is 2.75. The lowest BCUT2D eigenvalue weighted by atomic mass is 10.3. The molecule has 0 aliphatic heterocycles. The van der Waals surface area contributed by atoms with E-state index in [0.29, 0.717) is 5.82 Å². The van der Waals surface area contributed by atoms with Gasteiger partial charge in [0.05, 0.1) is 17.2 Å². The van der Waals surface area contributed by atoms with Crippen LogP contribution in [0.2, 0.25) is 0 Å². The number of aryl methyl sites for hydroxylation is 1. The van der Waals surface area contributed by atoms with E-state index in [9.17, 15) is 0 Å². The molecular weight excluding hydrogens is 234 g/mol. The van der Waals surface area contributed by atoms with E-state index in [4.69, 9.17) is 5.84 Å². The van der Waals surface area contributed by atoms with E-state index in [0.717, 1.165) is 22.9 Å². The van der Waals surface area contributed by atoms with Gasteiger partial charge in [-0.15, -0.1) is 11.3 Å². The number of nitrogens with zero attached hydrogens (tertiary/aromatic N) is 3. The summed E-state index contributed by atoms with van der Waals surface area (Å²) in [6.45, 7) is 2.79. The van der Waals surface area contributed by atoms with Crippen molar-refractivity contribution in [2.45, 2.75) is 13.5 Å². The standard InChI is InChI=1S/C11H15N5S/c1-8-14-9(7-17-8)6-16(2)10-3-4-13-11(5-10)15-12/h3-5,7H,6,12H2,1-2H3,(H,13,15). The minimum atomic E-state index is 0.656. The van der Waals surface area contributed by atoms with Crippen LogP contribution in [-0.4, -0.2) is 17.0 Å². The van der Waals surface area contributed by atoms with E-state index in [1.807, 2.05) is 26.1 Å². The first-order valence-electron chi connectivity index (χ1n) is 5.24. The normalized spacial score (nSPS) is 10.3. The van der Waals surface area contributed by atoms with Crippen molar-refractivity contribution in [1.82, 2.24) is 9.97 Å². The summed E-state index contributed by atoms with van der Waals surface area (Å²) in [7, 11) is 2.02. The Morgan fingerprint density at radius 2 is 2.35 bits per heavy atom. The second kappa shape index (κ2) is 5.11. The quantitative estimate of drug-likeness (QED) is 0.638. The van der Waals surface area contributed by atoms with Gasteiger partial charge in [0.15, 0.2) is 0 Å². The fourth-order valence-electron chi connectivity index (χ4n) is 1.55. The number of nitrogens with two attached hydrogens (primary N) is 1. The third-order valence-electron chi connectivity index (χ3n) is 2.40. The number of hydrazine groups is 1. The van der Waals surface area contributed by atoms with Crippen LogP contribution >= 0.6 is 11.3 Å². The minimum Gasteiger partial charge on any atom is -0.369 e. The van der Waals surface area contributed by atoms with Gasteiger partial charge >= 0.3 is 0 Å². The van der Waals surface area contributed by atoms with Crippen molar-refractivity contribution in [2.24, 2.45) is 5.84 Å². The first kappa shape index (κ1) is 11.8. The van der Waals surface area contributed by atoms with Crippen LogP contribution in [0.5, 0.6) is 0 Å². The summed E-state index contributed by atoms with van der Waals surface area (Å²) in [6.07, 6.45) is 1.73. The first-order chi connectivity index (χ1) is 8.19. The van der Waals surface area contributed by atoms with Gasteiger partial charge in [-0.05, 0) is 13.0 Å². The van der Waals surface area contributed by atoms with E-state index >= 15 is 0 Å². The van der Waals surface area contributed by atoms with Crippen molar-refractivity contribution in [2.75, 3.05) is 17.4 Å². The number of anilines is 2. The zero-order chi connectivity index (χ0) is 12.3. The highest BCUT2D eigenvalue weighted by Crippen LogP contribution is 2.18. The lowest BCUT2D eigenvalue weighted by Crippen LogP contribution is -2.17. The van der Waals surface area contributed by atoms with Gasteiger partial charge in [-0.3, -0.25) is 0 Å². The number of hydrogen-bond acceptors (Lipinski definition) is 6. The molecule has 6 heteroatoms. The molecule has 17 heavy (non-hydrogen) atoms. The monoisotopic (exact) mass is 249 g/mol. The predicted octanol–water partition coefficient (Wildman–Crippen LogP) is 1.77. The topological polar surface area (TPSA) is 67.1 Å². The highest BCUT2D eigenvalue weighted by atomic mass is 32.1. The second-order valence-corrected chi connectivity index (χ2v) is 4.82. The smallest absolute Gasteiger partial charge is 0.141 e. The molecule has 5 nitrogen and oxygen atoms in total. The summed E-state index contributed by atoms with van der Waals surface area (Å²) in [5.41, 5.74) is 4.67. The van der Waals surface area contributed by atoms with E-state index in [2.05, 4.69) is 25.7 Å². The molecule has 0 saturated carbocycles. The Morgan fingerprint density at radius 1 is 1.53 bits per heavy atom. The third kappa shape index (κ3) is 2.92. The number of thiazole rings is 1. The Labute approximate surface area is 104 Å². The van der Waals surface area contributed by atoms with E-state index in [1.54, 1.807) is 17.5 Å². The van der Waals surface area contributed by atoms with Crippen LogP contribution in [0.15, 0.2) is 23.7 Å². The highest BCUT2D eigenvalue weighted by Gasteiger charge is 2.05. The number of aromatic nitrogens is 2. The molecule has 0 aliphatic carbocycles. The van der Waals surface area contributed by atoms with Crippen molar-refractivity contribution in [3.8, 4) is 0 Å². The Hall–Kier alpha value is -1.66. The van der Waals surface area contributed by atoms with Crippen LogP contribution in [0.3, 0.4) is 0 Å². The molecule has 2 rings (SSSR count). The van der Waals surface area contributed by atoms with Gasteiger partial charge in [0, 0.05) is 30.4 Å². The van der Waals surface area contributed by atoms with Gasteiger partial charge in [0.1, 0.15) is 5.82 Å². The maximum Gasteiger partial charge on any atom is 0.141 e. The molecule has 2 aromatic heterocycles. The van der Waals surface area contributed by atoms with E-state index in [-0.39, 0.29) is 0 Å². The molecule has 0 amide bonds. The van der Waals surface area contributed by atoms with Crippen molar-refractivity contribution in [3.05, 3.63) is 34.4 Å². The number of rotatable bonds is 4. The molecule has 0 bridgehead atoms. The van der Waals surface area contributed by atoms with Crippen molar-refractivity contribution in [1.29, 1.82) is 0 Å². The summed E-state index contributed by atoms with van der Waals surface area (Å²) in [5.74, 6) is 5.99. The molecule has 0 spiro atoms. The van der Waals surface area contributed by atoms with Gasteiger partial charge in [0.25, 0.3) is 0 Å². The third-order valence-corrected chi connectivity index (χ3v) is 3.22. The molecular formula is C11H15N5S. The van der Waals surface area contributed by atoms with Gasteiger partial charge in [0.2, 0.25) is 0 Å². The van der Waals surface area contributed by atoms with Crippen LogP contribution in [0.4, 0.5) is 11.5 Å². The molecule has 0 aliphatic rings. The largest absolute Gasteiger partial charge is 0.369 e. The van der Waals surface area contributed by atoms with Crippen LogP contribution in [-0.2, 0) is 6.54 Å². The van der Waals surface area contributed by atoms with Gasteiger partial charge in [-0.25, -0.2) is 15.8 Å². The maximum atomic E-state index is 5.33. The molecule has 0 radical (unpaired) electrons. The maximum absolute atomic E-state index is 5.33. The lowest BCUT2D eigenvalue weighted by Gasteiger charge is -2.18. The highest BCUT2D eigenvalue weighted by molar-refractivity contribution is 7.09. The number of hydrogen-bond donors (Lipinski definition) is 2. The Balaban J connectivity index is 2.11. The molecule has 0 atom stereocenters. The minimum absolute atomic E-state index is 0.656. The summed E-state index contributed by atoms with van der Waals surface area (Å²) < 4.78 is 0. The Kier molecular flexibility index (Phi) is 3.55. The Bertz CT molecular complexity index is 496. The second-order valence-electron chi connectivity index (χ2n) is 3.76. The van der Waals surface area contributed by atoms with Gasteiger partial charge < -0.3 is 10.3 Å². The fourth-order valence-corrected chi connectivity index (χ4v) is 2.15. The van der Waals surface area contributed by atoms with E-state index in [1.165, 1.54) is 0 Å².